The second kappa shape index (κ2) is 14.7. The largest absolute Gasteiger partial charge is 0.495 e. The third-order valence-electron chi connectivity index (χ3n) is 6.82. The molecule has 6 rings (SSSR count). The smallest absolute Gasteiger partial charge is 0.446 e. The number of alkyl halides is 3. The van der Waals surface area contributed by atoms with Gasteiger partial charge in [-0.25, -0.2) is 9.59 Å². The number of carboxylic acids is 2. The lowest BCUT2D eigenvalue weighted by Crippen LogP contribution is -2.00. The minimum atomic E-state index is -4.30. The zero-order valence-electron chi connectivity index (χ0n) is 24.9. The van der Waals surface area contributed by atoms with Gasteiger partial charge in [0, 0.05) is 40.1 Å². The van der Waals surface area contributed by atoms with Gasteiger partial charge >= 0.3 is 17.4 Å². The number of benzene rings is 4. The summed E-state index contributed by atoms with van der Waals surface area (Å²) in [6.45, 7) is 0.979. The molecule has 0 atom stereocenters. The molecule has 0 fully saturated rings. The molecule has 0 saturated heterocycles. The van der Waals surface area contributed by atoms with E-state index in [0.717, 1.165) is 22.2 Å². The highest BCUT2D eigenvalue weighted by Gasteiger charge is 2.29. The van der Waals surface area contributed by atoms with Crippen LogP contribution in [0.2, 0.25) is 5.02 Å². The van der Waals surface area contributed by atoms with E-state index in [1.54, 1.807) is 43.5 Å². The van der Waals surface area contributed by atoms with Crippen molar-refractivity contribution in [3.8, 4) is 5.75 Å². The predicted molar refractivity (Wildman–Crippen MR) is 177 cm³/mol. The molecular formula is C34H26ClF3N2O7S. The number of nitrogens with one attached hydrogen (secondary N) is 2. The zero-order valence-corrected chi connectivity index (χ0v) is 26.5. The van der Waals surface area contributed by atoms with Crippen molar-refractivity contribution >= 4 is 68.6 Å². The highest BCUT2D eigenvalue weighted by Crippen LogP contribution is 2.37. The second-order valence-electron chi connectivity index (χ2n) is 10.2. The number of ether oxygens (including phenoxy) is 1. The van der Waals surface area contributed by atoms with Crippen molar-refractivity contribution in [1.29, 1.82) is 0 Å². The number of furan rings is 2. The molecule has 0 bridgehead atoms. The van der Waals surface area contributed by atoms with E-state index in [2.05, 4.69) is 10.6 Å². The Morgan fingerprint density at radius 1 is 0.750 bits per heavy atom. The quantitative estimate of drug-likeness (QED) is 0.102. The molecular weight excluding hydrogens is 673 g/mol. The summed E-state index contributed by atoms with van der Waals surface area (Å²) in [5.74, 6) is -1.78. The number of hydrogen-bond donors (Lipinski definition) is 4. The lowest BCUT2D eigenvalue weighted by molar-refractivity contribution is -0.0328. The van der Waals surface area contributed by atoms with E-state index in [1.807, 2.05) is 30.3 Å². The maximum absolute atomic E-state index is 12.3. The molecule has 0 unspecified atom stereocenters. The monoisotopic (exact) mass is 698 g/mol. The van der Waals surface area contributed by atoms with Crippen molar-refractivity contribution in [2.75, 3.05) is 17.7 Å². The first kappa shape index (κ1) is 34.1. The highest BCUT2D eigenvalue weighted by molar-refractivity contribution is 8.00. The molecule has 4 aromatic carbocycles. The lowest BCUT2D eigenvalue weighted by atomic mass is 10.1. The summed E-state index contributed by atoms with van der Waals surface area (Å²) < 4.78 is 52.5. The molecule has 2 heterocycles. The molecule has 2 aromatic heterocycles. The first-order valence-electron chi connectivity index (χ1n) is 14.1. The van der Waals surface area contributed by atoms with Gasteiger partial charge in [-0.3, -0.25) is 0 Å². The molecule has 14 heteroatoms. The molecule has 0 spiro atoms. The molecule has 0 radical (unpaired) electrons. The van der Waals surface area contributed by atoms with Crippen LogP contribution in [0, 0.1) is 0 Å². The van der Waals surface area contributed by atoms with Gasteiger partial charge in [-0.1, -0.05) is 35.9 Å². The number of thioether (sulfide) groups is 1. The molecule has 4 N–H and O–H groups in total. The minimum absolute atomic E-state index is 0.0629. The number of methoxy groups -OCH3 is 1. The molecule has 0 aliphatic heterocycles. The first-order chi connectivity index (χ1) is 22.9. The van der Waals surface area contributed by atoms with Gasteiger partial charge in [0.2, 0.25) is 11.5 Å². The van der Waals surface area contributed by atoms with Crippen LogP contribution in [-0.2, 0) is 13.1 Å². The summed E-state index contributed by atoms with van der Waals surface area (Å²) in [6.07, 6.45) is 0. The van der Waals surface area contributed by atoms with Crippen molar-refractivity contribution in [2.24, 2.45) is 0 Å². The Morgan fingerprint density at radius 3 is 1.71 bits per heavy atom. The molecule has 6 aromatic rings. The van der Waals surface area contributed by atoms with E-state index < -0.39 is 17.4 Å². The van der Waals surface area contributed by atoms with Crippen molar-refractivity contribution < 1.29 is 46.5 Å². The lowest BCUT2D eigenvalue weighted by Gasteiger charge is -2.09. The van der Waals surface area contributed by atoms with Crippen LogP contribution in [0.4, 0.5) is 24.5 Å². The number of hydrogen-bond acceptors (Lipinski definition) is 8. The number of rotatable bonds is 10. The molecule has 0 saturated carbocycles. The Balaban J connectivity index is 0.000000188. The summed E-state index contributed by atoms with van der Waals surface area (Å²) in [5.41, 5.74) is 0.0765. The fraction of sp³-hybridized carbons (Fsp3) is 0.118. The SMILES string of the molecule is COc1ccc(NCc2ccc3cc(C(=O)O)oc3c2)cc1Cl.O=C(O)c1cc2ccc(CNc3ccc(SC(F)(F)F)cc3)cc2o1. The van der Waals surface area contributed by atoms with Crippen LogP contribution in [-0.4, -0.2) is 34.8 Å². The van der Waals surface area contributed by atoms with Gasteiger partial charge in [0.1, 0.15) is 16.9 Å². The molecule has 0 aliphatic carbocycles. The van der Waals surface area contributed by atoms with Gasteiger partial charge in [0.15, 0.2) is 0 Å². The summed E-state index contributed by atoms with van der Waals surface area (Å²) in [6, 6.07) is 25.2. The minimum Gasteiger partial charge on any atom is -0.495 e. The maximum atomic E-state index is 12.3. The molecule has 0 amide bonds. The van der Waals surface area contributed by atoms with Crippen LogP contribution in [0.1, 0.15) is 32.2 Å². The number of carbonyl (C=O) groups is 2. The average molecular weight is 699 g/mol. The standard InChI is InChI=1S/C17H14ClNO4.C17H12F3NO3S/c1-22-14-5-4-12(8-13(14)18)19-9-10-2-3-11-7-16(17(20)21)23-15(11)6-10;18-17(19,20)25-13-5-3-12(4-6-13)21-9-10-1-2-11-8-15(16(22)23)24-14(11)7-10/h2-8,19H,9H2,1H3,(H,20,21);1-8,21H,9H2,(H,22,23). The maximum Gasteiger partial charge on any atom is 0.446 e. The highest BCUT2D eigenvalue weighted by atomic mass is 35.5. The van der Waals surface area contributed by atoms with E-state index in [-0.39, 0.29) is 28.2 Å². The number of aromatic carboxylic acids is 2. The normalized spacial score (nSPS) is 11.2. The van der Waals surface area contributed by atoms with E-state index in [0.29, 0.717) is 46.1 Å². The zero-order chi connectivity index (χ0) is 34.4. The van der Waals surface area contributed by atoms with Gasteiger partial charge in [0.25, 0.3) is 0 Å². The van der Waals surface area contributed by atoms with Gasteiger partial charge in [-0.2, -0.15) is 13.2 Å². The second-order valence-corrected chi connectivity index (χ2v) is 11.8. The predicted octanol–water partition coefficient (Wildman–Crippen LogP) is 9.76. The fourth-order valence-electron chi connectivity index (χ4n) is 4.54. The van der Waals surface area contributed by atoms with Gasteiger partial charge in [-0.15, -0.1) is 0 Å². The van der Waals surface area contributed by atoms with Crippen molar-refractivity contribution in [3.63, 3.8) is 0 Å². The van der Waals surface area contributed by atoms with Crippen LogP contribution < -0.4 is 15.4 Å². The van der Waals surface area contributed by atoms with Crippen LogP contribution in [0.25, 0.3) is 21.9 Å². The topological polar surface area (TPSA) is 134 Å². The Kier molecular flexibility index (Phi) is 10.4. The summed E-state index contributed by atoms with van der Waals surface area (Å²) in [5, 5.41) is 26.2. The third-order valence-corrected chi connectivity index (χ3v) is 7.86. The Hall–Kier alpha value is -5.27. The molecule has 248 valence electrons. The summed E-state index contributed by atoms with van der Waals surface area (Å²) in [7, 11) is 1.57. The van der Waals surface area contributed by atoms with E-state index in [4.69, 9.17) is 35.4 Å². The van der Waals surface area contributed by atoms with Crippen molar-refractivity contribution in [2.45, 2.75) is 23.5 Å². The molecule has 9 nitrogen and oxygen atoms in total. The Labute approximate surface area is 280 Å². The number of halogens is 4. The third kappa shape index (κ3) is 8.96. The van der Waals surface area contributed by atoms with Crippen LogP contribution in [0.15, 0.2) is 105 Å². The van der Waals surface area contributed by atoms with E-state index in [9.17, 15) is 22.8 Å². The van der Waals surface area contributed by atoms with Gasteiger partial charge in [0.05, 0.1) is 12.1 Å². The molecule has 0 aliphatic rings. The average Bonchev–Trinajstić information content (AvgIpc) is 3.68. The van der Waals surface area contributed by atoms with E-state index in [1.165, 1.54) is 24.3 Å². The number of fused-ring (bicyclic) bond motifs is 2. The number of carboxylic acid groups (broad SMARTS) is 2. The first-order valence-corrected chi connectivity index (χ1v) is 15.2. The van der Waals surface area contributed by atoms with Crippen LogP contribution >= 0.6 is 23.4 Å². The van der Waals surface area contributed by atoms with Crippen LogP contribution in [0.3, 0.4) is 0 Å². The fourth-order valence-corrected chi connectivity index (χ4v) is 5.34. The van der Waals surface area contributed by atoms with E-state index >= 15 is 0 Å². The van der Waals surface area contributed by atoms with Crippen molar-refractivity contribution in [3.05, 3.63) is 119 Å². The van der Waals surface area contributed by atoms with Gasteiger partial charge in [-0.05, 0) is 89.6 Å². The van der Waals surface area contributed by atoms with Crippen molar-refractivity contribution in [1.82, 2.24) is 0 Å². The van der Waals surface area contributed by atoms with Gasteiger partial charge < -0.3 is 34.4 Å². The Bertz CT molecular complexity index is 2080. The summed E-state index contributed by atoms with van der Waals surface area (Å²) >= 11 is 5.93. The Morgan fingerprint density at radius 2 is 1.25 bits per heavy atom. The summed E-state index contributed by atoms with van der Waals surface area (Å²) in [4.78, 5) is 21.9. The molecule has 48 heavy (non-hydrogen) atoms. The number of anilines is 2. The van der Waals surface area contributed by atoms with Crippen LogP contribution in [0.5, 0.6) is 5.75 Å².